The van der Waals surface area contributed by atoms with Crippen molar-refractivity contribution in [3.8, 4) is 17.2 Å². The van der Waals surface area contributed by atoms with E-state index in [1.54, 1.807) is 12.1 Å². The fourth-order valence-corrected chi connectivity index (χ4v) is 4.82. The van der Waals surface area contributed by atoms with Crippen molar-refractivity contribution in [3.05, 3.63) is 87.5 Å². The van der Waals surface area contributed by atoms with Gasteiger partial charge in [0.2, 0.25) is 0 Å². The van der Waals surface area contributed by atoms with Crippen molar-refractivity contribution < 1.29 is 14.7 Å². The lowest BCUT2D eigenvalue weighted by Gasteiger charge is -2.18. The standard InChI is InChI=1S/C27H33O3P/c1-5-6-11-31-30-27-23(16-21-12-18(2)7-9-25(21)28)14-20(4)15-24(27)17-22-13-19(3)8-10-26(22)29/h7-10,12-15,28-29,31H,5-6,11,16-17H2,1-4H3. The number of hydrogen-bond acceptors (Lipinski definition) is 3. The molecule has 0 aliphatic heterocycles. The van der Waals surface area contributed by atoms with E-state index in [-0.39, 0.29) is 0 Å². The summed E-state index contributed by atoms with van der Waals surface area (Å²) >= 11 is 0. The van der Waals surface area contributed by atoms with Gasteiger partial charge in [-0.3, -0.25) is 0 Å². The molecule has 3 rings (SSSR count). The summed E-state index contributed by atoms with van der Waals surface area (Å²) in [4.78, 5) is 0. The summed E-state index contributed by atoms with van der Waals surface area (Å²) in [5, 5.41) is 20.8. The van der Waals surface area contributed by atoms with Gasteiger partial charge in [0.25, 0.3) is 0 Å². The highest BCUT2D eigenvalue weighted by Crippen LogP contribution is 2.36. The smallest absolute Gasteiger partial charge is 0.129 e. The van der Waals surface area contributed by atoms with Gasteiger partial charge in [0.15, 0.2) is 0 Å². The average molecular weight is 437 g/mol. The minimum Gasteiger partial charge on any atom is -0.508 e. The fourth-order valence-electron chi connectivity index (χ4n) is 3.82. The molecule has 2 N–H and O–H groups in total. The highest BCUT2D eigenvalue weighted by Gasteiger charge is 2.16. The van der Waals surface area contributed by atoms with Gasteiger partial charge in [-0.1, -0.05) is 66.4 Å². The SMILES string of the molecule is CCCCPOc1c(Cc2cc(C)ccc2O)cc(C)cc1Cc1cc(C)ccc1O. The van der Waals surface area contributed by atoms with E-state index < -0.39 is 0 Å². The first-order valence-electron chi connectivity index (χ1n) is 11.0. The Hall–Kier alpha value is -2.51. The van der Waals surface area contributed by atoms with E-state index in [2.05, 4.69) is 26.0 Å². The lowest BCUT2D eigenvalue weighted by molar-refractivity contribution is 0.469. The minimum atomic E-state index is 0.310. The molecular formula is C27H33O3P. The van der Waals surface area contributed by atoms with E-state index >= 15 is 0 Å². The van der Waals surface area contributed by atoms with Crippen LogP contribution in [0.1, 0.15) is 58.7 Å². The molecule has 0 bridgehead atoms. The Labute approximate surface area is 188 Å². The summed E-state index contributed by atoms with van der Waals surface area (Å²) in [6.45, 7) is 8.35. The predicted molar refractivity (Wildman–Crippen MR) is 131 cm³/mol. The van der Waals surface area contributed by atoms with Crippen molar-refractivity contribution in [2.75, 3.05) is 6.16 Å². The maximum absolute atomic E-state index is 10.4. The second kappa shape index (κ2) is 10.7. The minimum absolute atomic E-state index is 0.310. The Balaban J connectivity index is 2.02. The third-order valence-corrected chi connectivity index (χ3v) is 6.33. The summed E-state index contributed by atoms with van der Waals surface area (Å²) < 4.78 is 6.37. The van der Waals surface area contributed by atoms with Gasteiger partial charge in [0.1, 0.15) is 17.2 Å². The molecule has 0 aliphatic carbocycles. The van der Waals surface area contributed by atoms with Crippen LogP contribution in [0.3, 0.4) is 0 Å². The predicted octanol–water partition coefficient (Wildman–Crippen LogP) is 6.98. The number of hydrogen-bond donors (Lipinski definition) is 2. The molecule has 1 unspecified atom stereocenters. The van der Waals surface area contributed by atoms with Crippen LogP contribution in [0.15, 0.2) is 48.5 Å². The van der Waals surface area contributed by atoms with Crippen molar-refractivity contribution in [2.45, 2.75) is 53.4 Å². The molecule has 0 spiro atoms. The second-order valence-electron chi connectivity index (χ2n) is 8.38. The third kappa shape index (κ3) is 6.24. The monoisotopic (exact) mass is 436 g/mol. The number of phenols is 2. The first-order valence-corrected chi connectivity index (χ1v) is 12.1. The van der Waals surface area contributed by atoms with Crippen molar-refractivity contribution in [2.24, 2.45) is 0 Å². The zero-order valence-corrected chi connectivity index (χ0v) is 20.0. The molecule has 0 aromatic heterocycles. The van der Waals surface area contributed by atoms with Crippen LogP contribution in [-0.4, -0.2) is 16.4 Å². The van der Waals surface area contributed by atoms with Crippen molar-refractivity contribution >= 4 is 8.81 Å². The van der Waals surface area contributed by atoms with Crippen LogP contribution in [0.25, 0.3) is 0 Å². The molecular weight excluding hydrogens is 403 g/mol. The van der Waals surface area contributed by atoms with E-state index in [9.17, 15) is 10.2 Å². The molecule has 0 amide bonds. The summed E-state index contributed by atoms with van der Waals surface area (Å²) in [7, 11) is 0.392. The molecule has 0 saturated carbocycles. The van der Waals surface area contributed by atoms with Gasteiger partial charge in [-0.25, -0.2) is 0 Å². The lowest BCUT2D eigenvalue weighted by atomic mass is 9.94. The van der Waals surface area contributed by atoms with Crippen molar-refractivity contribution in [3.63, 3.8) is 0 Å². The topological polar surface area (TPSA) is 49.7 Å². The molecule has 3 aromatic carbocycles. The Bertz CT molecular complexity index is 968. The molecule has 0 heterocycles. The fraction of sp³-hybridized carbons (Fsp3) is 0.333. The van der Waals surface area contributed by atoms with E-state index in [4.69, 9.17) is 4.52 Å². The number of unbranched alkanes of at least 4 members (excludes halogenated alkanes) is 1. The van der Waals surface area contributed by atoms with Crippen LogP contribution >= 0.6 is 8.81 Å². The maximum atomic E-state index is 10.4. The third-order valence-electron chi connectivity index (χ3n) is 5.43. The van der Waals surface area contributed by atoms with Crippen LogP contribution in [0.4, 0.5) is 0 Å². The largest absolute Gasteiger partial charge is 0.508 e. The molecule has 0 radical (unpaired) electrons. The van der Waals surface area contributed by atoms with Crippen LogP contribution < -0.4 is 4.52 Å². The Kier molecular flexibility index (Phi) is 7.98. The zero-order valence-electron chi connectivity index (χ0n) is 19.0. The van der Waals surface area contributed by atoms with Crippen LogP contribution in [-0.2, 0) is 12.8 Å². The molecule has 4 heteroatoms. The van der Waals surface area contributed by atoms with E-state index in [0.29, 0.717) is 33.1 Å². The Morgan fingerprint density at radius 3 is 1.68 bits per heavy atom. The first kappa shape index (κ1) is 23.2. The zero-order chi connectivity index (χ0) is 22.4. The number of aromatic hydroxyl groups is 2. The van der Waals surface area contributed by atoms with Gasteiger partial charge in [0.05, 0.1) is 8.81 Å². The van der Waals surface area contributed by atoms with E-state index in [1.807, 2.05) is 38.1 Å². The summed E-state index contributed by atoms with van der Waals surface area (Å²) in [5.41, 5.74) is 7.34. The van der Waals surface area contributed by atoms with Crippen LogP contribution in [0.2, 0.25) is 0 Å². The molecule has 1 atom stereocenters. The Morgan fingerprint density at radius 1 is 0.710 bits per heavy atom. The number of aryl methyl sites for hydroxylation is 3. The van der Waals surface area contributed by atoms with Gasteiger partial charge < -0.3 is 14.7 Å². The Morgan fingerprint density at radius 2 is 1.19 bits per heavy atom. The lowest BCUT2D eigenvalue weighted by Crippen LogP contribution is -2.01. The second-order valence-corrected chi connectivity index (χ2v) is 9.37. The van der Waals surface area contributed by atoms with Gasteiger partial charge in [-0.05, 0) is 61.6 Å². The van der Waals surface area contributed by atoms with Gasteiger partial charge in [-0.15, -0.1) is 0 Å². The molecule has 31 heavy (non-hydrogen) atoms. The van der Waals surface area contributed by atoms with Crippen LogP contribution in [0, 0.1) is 20.8 Å². The van der Waals surface area contributed by atoms with Gasteiger partial charge in [0, 0.05) is 19.0 Å². The average Bonchev–Trinajstić information content (AvgIpc) is 2.72. The molecule has 164 valence electrons. The summed E-state index contributed by atoms with van der Waals surface area (Å²) in [6.07, 6.45) is 4.55. The highest BCUT2D eigenvalue weighted by atomic mass is 31.1. The number of phenolic OH excluding ortho intramolecular Hbond substituents is 2. The number of benzene rings is 3. The van der Waals surface area contributed by atoms with Gasteiger partial charge in [-0.2, -0.15) is 0 Å². The molecule has 3 nitrogen and oxygen atoms in total. The maximum Gasteiger partial charge on any atom is 0.129 e. The molecule has 0 saturated heterocycles. The van der Waals surface area contributed by atoms with Crippen molar-refractivity contribution in [1.29, 1.82) is 0 Å². The normalized spacial score (nSPS) is 11.4. The van der Waals surface area contributed by atoms with E-state index in [0.717, 1.165) is 63.7 Å². The molecule has 3 aromatic rings. The van der Waals surface area contributed by atoms with Crippen molar-refractivity contribution in [1.82, 2.24) is 0 Å². The first-order chi connectivity index (χ1) is 14.9. The number of rotatable bonds is 9. The summed E-state index contributed by atoms with van der Waals surface area (Å²) in [6, 6.07) is 15.7. The summed E-state index contributed by atoms with van der Waals surface area (Å²) in [5.74, 6) is 1.51. The molecule has 0 aliphatic rings. The van der Waals surface area contributed by atoms with Crippen LogP contribution in [0.5, 0.6) is 17.2 Å². The molecule has 0 fully saturated rings. The highest BCUT2D eigenvalue weighted by molar-refractivity contribution is 7.32. The van der Waals surface area contributed by atoms with E-state index in [1.165, 1.54) is 0 Å². The quantitative estimate of drug-likeness (QED) is 0.281. The van der Waals surface area contributed by atoms with Gasteiger partial charge >= 0.3 is 0 Å².